The van der Waals surface area contributed by atoms with E-state index in [2.05, 4.69) is 81.2 Å². The highest BCUT2D eigenvalue weighted by molar-refractivity contribution is 5.32. The minimum absolute atomic E-state index is 0.163. The van der Waals surface area contributed by atoms with Crippen LogP contribution < -0.4 is 21.7 Å². The first-order valence-corrected chi connectivity index (χ1v) is 12.4. The van der Waals surface area contributed by atoms with Crippen molar-refractivity contribution in [2.24, 2.45) is 11.7 Å². The molecule has 0 fully saturated rings. The van der Waals surface area contributed by atoms with Crippen LogP contribution in [-0.2, 0) is 6.54 Å². The Morgan fingerprint density at radius 3 is 2.44 bits per heavy atom. The number of nitrogens with one attached hydrogen (secondary N) is 3. The Kier molecular flexibility index (Phi) is 11.1. The number of hydrogen-bond acceptors (Lipinski definition) is 4. The highest BCUT2D eigenvalue weighted by atomic mass is 15.0. The quantitative estimate of drug-likeness (QED) is 0.280. The fourth-order valence-corrected chi connectivity index (χ4v) is 4.64. The predicted molar refractivity (Wildman–Crippen MR) is 139 cm³/mol. The summed E-state index contributed by atoms with van der Waals surface area (Å²) >= 11 is 0. The molecule has 0 heterocycles. The van der Waals surface area contributed by atoms with Gasteiger partial charge in [-0.1, -0.05) is 56.3 Å². The summed E-state index contributed by atoms with van der Waals surface area (Å²) in [6.45, 7) is 15.6. The largest absolute Gasteiger partial charge is 0.386 e. The summed E-state index contributed by atoms with van der Waals surface area (Å²) in [4.78, 5) is 0. The first-order chi connectivity index (χ1) is 15.4. The molecule has 3 unspecified atom stereocenters. The molecular formula is C28H46N4. The Morgan fingerprint density at radius 2 is 1.84 bits per heavy atom. The zero-order chi connectivity index (χ0) is 23.5. The van der Waals surface area contributed by atoms with E-state index in [0.29, 0.717) is 18.0 Å². The summed E-state index contributed by atoms with van der Waals surface area (Å²) < 4.78 is 0. The van der Waals surface area contributed by atoms with Gasteiger partial charge in [0.05, 0.1) is 6.04 Å². The lowest BCUT2D eigenvalue weighted by atomic mass is 9.92. The first kappa shape index (κ1) is 26.2. The van der Waals surface area contributed by atoms with E-state index in [1.54, 1.807) is 0 Å². The molecular weight excluding hydrogens is 392 g/mol. The van der Waals surface area contributed by atoms with Gasteiger partial charge in [0.2, 0.25) is 0 Å². The minimum Gasteiger partial charge on any atom is -0.386 e. The van der Waals surface area contributed by atoms with E-state index in [9.17, 15) is 0 Å². The third-order valence-electron chi connectivity index (χ3n) is 6.89. The van der Waals surface area contributed by atoms with Crippen LogP contribution in [0.1, 0.15) is 69.9 Å². The normalized spacial score (nSPS) is 18.0. The second-order valence-electron chi connectivity index (χ2n) is 9.37. The van der Waals surface area contributed by atoms with Gasteiger partial charge in [0, 0.05) is 30.0 Å². The van der Waals surface area contributed by atoms with Crippen molar-refractivity contribution in [2.75, 3.05) is 7.05 Å². The molecule has 0 bridgehead atoms. The van der Waals surface area contributed by atoms with Crippen molar-refractivity contribution >= 4 is 0 Å². The molecule has 0 spiro atoms. The van der Waals surface area contributed by atoms with Gasteiger partial charge in [0.25, 0.3) is 0 Å². The van der Waals surface area contributed by atoms with Crippen LogP contribution in [0.25, 0.3) is 0 Å². The van der Waals surface area contributed by atoms with Crippen molar-refractivity contribution in [3.63, 3.8) is 0 Å². The van der Waals surface area contributed by atoms with E-state index in [4.69, 9.17) is 5.73 Å². The summed E-state index contributed by atoms with van der Waals surface area (Å²) in [7, 11) is 2.07. The van der Waals surface area contributed by atoms with Crippen molar-refractivity contribution in [1.29, 1.82) is 0 Å². The standard InChI is InChI=1S/C28H46N4/c1-7-10-11-25(30-6)16-23-17-26(27(18-23)32-24(8-2)9-3)28(29)21(5)31-19-22-14-12-20(4)13-15-22/h7,12-15,23-25,28,30-32H,1,5,8-11,16-19,29H2,2-4,6H3. The lowest BCUT2D eigenvalue weighted by molar-refractivity contribution is 0.386. The number of nitrogens with two attached hydrogens (primary N) is 1. The van der Waals surface area contributed by atoms with Crippen LogP contribution in [-0.4, -0.2) is 25.2 Å². The van der Waals surface area contributed by atoms with Crippen LogP contribution in [0, 0.1) is 12.8 Å². The monoisotopic (exact) mass is 438 g/mol. The van der Waals surface area contributed by atoms with Crippen molar-refractivity contribution in [1.82, 2.24) is 16.0 Å². The first-order valence-electron chi connectivity index (χ1n) is 12.4. The van der Waals surface area contributed by atoms with E-state index in [-0.39, 0.29) is 6.04 Å². The number of allylic oxidation sites excluding steroid dienone is 2. The van der Waals surface area contributed by atoms with E-state index in [1.807, 2.05) is 6.08 Å². The SMILES string of the molecule is C=CCCC(CC1CC(NC(CC)CC)=C(C(N)C(=C)NCc2ccc(C)cc2)C1)NC. The van der Waals surface area contributed by atoms with Crippen molar-refractivity contribution in [3.05, 3.63) is 71.6 Å². The lowest BCUT2D eigenvalue weighted by Gasteiger charge is -2.23. The maximum atomic E-state index is 6.78. The molecule has 1 aromatic rings. The van der Waals surface area contributed by atoms with Crippen molar-refractivity contribution in [3.8, 4) is 0 Å². The van der Waals surface area contributed by atoms with Gasteiger partial charge in [-0.3, -0.25) is 0 Å². The van der Waals surface area contributed by atoms with E-state index in [0.717, 1.165) is 57.2 Å². The number of aryl methyl sites for hydroxylation is 1. The molecule has 0 amide bonds. The lowest BCUT2D eigenvalue weighted by Crippen LogP contribution is -2.35. The zero-order valence-electron chi connectivity index (χ0n) is 20.8. The molecule has 4 nitrogen and oxygen atoms in total. The molecule has 0 saturated heterocycles. The van der Waals surface area contributed by atoms with Gasteiger partial charge in [-0.15, -0.1) is 6.58 Å². The molecule has 1 aliphatic rings. The van der Waals surface area contributed by atoms with Crippen molar-refractivity contribution < 1.29 is 0 Å². The number of benzene rings is 1. The van der Waals surface area contributed by atoms with Crippen LogP contribution in [0.2, 0.25) is 0 Å². The molecule has 0 aromatic heterocycles. The maximum absolute atomic E-state index is 6.78. The Balaban J connectivity index is 2.07. The van der Waals surface area contributed by atoms with Crippen molar-refractivity contribution in [2.45, 2.75) is 90.4 Å². The Labute approximate surface area is 196 Å². The molecule has 0 saturated carbocycles. The topological polar surface area (TPSA) is 62.1 Å². The van der Waals surface area contributed by atoms with Gasteiger partial charge in [-0.25, -0.2) is 0 Å². The average Bonchev–Trinajstić information content (AvgIpc) is 3.20. The smallest absolute Gasteiger partial charge is 0.0673 e. The molecule has 1 aliphatic carbocycles. The number of rotatable bonds is 15. The van der Waals surface area contributed by atoms with Gasteiger partial charge in [0.1, 0.15) is 0 Å². The summed E-state index contributed by atoms with van der Waals surface area (Å²) in [5.41, 5.74) is 12.9. The molecule has 0 aliphatic heterocycles. The molecule has 2 rings (SSSR count). The second kappa shape index (κ2) is 13.5. The fourth-order valence-electron chi connectivity index (χ4n) is 4.64. The van der Waals surface area contributed by atoms with Gasteiger partial charge >= 0.3 is 0 Å². The fraction of sp³-hybridized carbons (Fsp3) is 0.571. The third kappa shape index (κ3) is 7.83. The van der Waals surface area contributed by atoms with Gasteiger partial charge in [0.15, 0.2) is 0 Å². The van der Waals surface area contributed by atoms with Crippen LogP contribution in [0.15, 0.2) is 60.5 Å². The average molecular weight is 439 g/mol. The highest BCUT2D eigenvalue weighted by Gasteiger charge is 2.30. The van der Waals surface area contributed by atoms with E-state index >= 15 is 0 Å². The molecule has 3 atom stereocenters. The predicted octanol–water partition coefficient (Wildman–Crippen LogP) is 5.31. The zero-order valence-corrected chi connectivity index (χ0v) is 20.8. The molecule has 4 heteroatoms. The third-order valence-corrected chi connectivity index (χ3v) is 6.89. The summed E-state index contributed by atoms with van der Waals surface area (Å²) in [5, 5.41) is 10.8. The molecule has 0 radical (unpaired) electrons. The Morgan fingerprint density at radius 1 is 1.16 bits per heavy atom. The van der Waals surface area contributed by atoms with Crippen LogP contribution in [0.5, 0.6) is 0 Å². The van der Waals surface area contributed by atoms with E-state index in [1.165, 1.54) is 22.4 Å². The molecule has 5 N–H and O–H groups in total. The molecule has 178 valence electrons. The van der Waals surface area contributed by atoms with Crippen LogP contribution >= 0.6 is 0 Å². The van der Waals surface area contributed by atoms with Gasteiger partial charge in [-0.2, -0.15) is 0 Å². The Bertz CT molecular complexity index is 745. The minimum atomic E-state index is -0.163. The summed E-state index contributed by atoms with van der Waals surface area (Å²) in [6, 6.07) is 9.47. The maximum Gasteiger partial charge on any atom is 0.0673 e. The van der Waals surface area contributed by atoms with Gasteiger partial charge in [-0.05, 0) is 76.0 Å². The summed E-state index contributed by atoms with van der Waals surface area (Å²) in [6.07, 6.45) is 9.74. The van der Waals surface area contributed by atoms with Crippen LogP contribution in [0.4, 0.5) is 0 Å². The highest BCUT2D eigenvalue weighted by Crippen LogP contribution is 2.36. The number of hydrogen-bond donors (Lipinski definition) is 4. The second-order valence-corrected chi connectivity index (χ2v) is 9.37. The molecule has 32 heavy (non-hydrogen) atoms. The van der Waals surface area contributed by atoms with Gasteiger partial charge < -0.3 is 21.7 Å². The molecule has 1 aromatic carbocycles. The Hall–Kier alpha value is -2.04. The van der Waals surface area contributed by atoms with E-state index < -0.39 is 0 Å². The summed E-state index contributed by atoms with van der Waals surface area (Å²) in [5.74, 6) is 0.611. The van der Waals surface area contributed by atoms with Crippen LogP contribution in [0.3, 0.4) is 0 Å².